The maximum absolute atomic E-state index is 3.62. The first kappa shape index (κ1) is 15.8. The van der Waals surface area contributed by atoms with Gasteiger partial charge >= 0.3 is 0 Å². The normalized spacial score (nSPS) is 12.6. The lowest BCUT2D eigenvalue weighted by molar-refractivity contribution is 0.461. The first-order valence-electron chi connectivity index (χ1n) is 8.04. The minimum Gasteiger partial charge on any atom is -0.312 e. The Hall–Kier alpha value is -1.60. The van der Waals surface area contributed by atoms with Gasteiger partial charge in [0, 0.05) is 13.1 Å². The number of aryl methyl sites for hydroxylation is 1. The Balaban J connectivity index is 1.90. The number of rotatable bonds is 7. The van der Waals surface area contributed by atoms with Crippen LogP contribution in [0, 0.1) is 5.92 Å². The highest BCUT2D eigenvalue weighted by Crippen LogP contribution is 2.23. The molecule has 0 radical (unpaired) electrons. The van der Waals surface area contributed by atoms with E-state index >= 15 is 0 Å². The van der Waals surface area contributed by atoms with Gasteiger partial charge in [0.05, 0.1) is 0 Å². The van der Waals surface area contributed by atoms with Gasteiger partial charge in [-0.25, -0.2) is 0 Å². The molecule has 0 heterocycles. The van der Waals surface area contributed by atoms with E-state index in [9.17, 15) is 0 Å². The van der Waals surface area contributed by atoms with Crippen molar-refractivity contribution < 1.29 is 0 Å². The smallest absolute Gasteiger partial charge is 0.0205 e. The molecule has 0 amide bonds. The first-order chi connectivity index (χ1) is 10.2. The molecular formula is C20H27N. The molecule has 1 nitrogen and oxygen atoms in total. The molecule has 0 aliphatic heterocycles. The van der Waals surface area contributed by atoms with E-state index in [4.69, 9.17) is 0 Å². The van der Waals surface area contributed by atoms with Crippen molar-refractivity contribution in [2.75, 3.05) is 6.54 Å². The van der Waals surface area contributed by atoms with E-state index in [0.29, 0.717) is 11.8 Å². The Labute approximate surface area is 129 Å². The monoisotopic (exact) mass is 281 g/mol. The van der Waals surface area contributed by atoms with Gasteiger partial charge in [-0.2, -0.15) is 0 Å². The maximum atomic E-state index is 3.62. The summed E-state index contributed by atoms with van der Waals surface area (Å²) in [6.45, 7) is 8.77. The highest BCUT2D eigenvalue weighted by atomic mass is 14.9. The van der Waals surface area contributed by atoms with Crippen molar-refractivity contribution in [3.8, 4) is 0 Å². The van der Waals surface area contributed by atoms with Crippen molar-refractivity contribution in [2.24, 2.45) is 5.92 Å². The average molecular weight is 281 g/mol. The van der Waals surface area contributed by atoms with Crippen LogP contribution in [0.1, 0.15) is 43.4 Å². The SMILES string of the molecule is CCc1ccc(CNCC(c2ccccc2)C(C)C)cc1. The van der Waals surface area contributed by atoms with Crippen LogP contribution in [0.5, 0.6) is 0 Å². The second-order valence-corrected chi connectivity index (χ2v) is 6.06. The fourth-order valence-electron chi connectivity index (χ4n) is 2.70. The van der Waals surface area contributed by atoms with Gasteiger partial charge in [-0.15, -0.1) is 0 Å². The standard InChI is InChI=1S/C20H27N/c1-4-17-10-12-18(13-11-17)14-21-15-20(16(2)3)19-8-6-5-7-9-19/h5-13,16,20-21H,4,14-15H2,1-3H3. The Morgan fingerprint density at radius 1 is 0.857 bits per heavy atom. The largest absolute Gasteiger partial charge is 0.312 e. The summed E-state index contributed by atoms with van der Waals surface area (Å²) in [6, 6.07) is 19.8. The highest BCUT2D eigenvalue weighted by molar-refractivity contribution is 5.23. The molecular weight excluding hydrogens is 254 g/mol. The summed E-state index contributed by atoms with van der Waals surface area (Å²) >= 11 is 0. The molecule has 1 atom stereocenters. The third-order valence-corrected chi connectivity index (χ3v) is 4.16. The zero-order valence-corrected chi connectivity index (χ0v) is 13.5. The molecule has 0 spiro atoms. The summed E-state index contributed by atoms with van der Waals surface area (Å²) in [7, 11) is 0. The predicted molar refractivity (Wildman–Crippen MR) is 91.5 cm³/mol. The van der Waals surface area contributed by atoms with E-state index in [1.807, 2.05) is 0 Å². The molecule has 2 aromatic carbocycles. The van der Waals surface area contributed by atoms with E-state index in [2.05, 4.69) is 80.7 Å². The molecule has 0 aliphatic carbocycles. The summed E-state index contributed by atoms with van der Waals surface area (Å²) < 4.78 is 0. The van der Waals surface area contributed by atoms with E-state index < -0.39 is 0 Å². The number of benzene rings is 2. The molecule has 0 saturated heterocycles. The maximum Gasteiger partial charge on any atom is 0.0205 e. The molecule has 1 unspecified atom stereocenters. The van der Waals surface area contributed by atoms with Gasteiger partial charge in [-0.05, 0) is 34.9 Å². The zero-order valence-electron chi connectivity index (χ0n) is 13.5. The zero-order chi connectivity index (χ0) is 15.1. The molecule has 0 aliphatic rings. The summed E-state index contributed by atoms with van der Waals surface area (Å²) in [4.78, 5) is 0. The van der Waals surface area contributed by atoms with Crippen LogP contribution in [0.4, 0.5) is 0 Å². The molecule has 0 fully saturated rings. The lowest BCUT2D eigenvalue weighted by Gasteiger charge is -2.22. The van der Waals surface area contributed by atoms with Crippen molar-refractivity contribution in [3.05, 3.63) is 71.3 Å². The fourth-order valence-corrected chi connectivity index (χ4v) is 2.70. The van der Waals surface area contributed by atoms with Crippen LogP contribution in [0.25, 0.3) is 0 Å². The average Bonchev–Trinajstić information content (AvgIpc) is 2.52. The highest BCUT2D eigenvalue weighted by Gasteiger charge is 2.14. The van der Waals surface area contributed by atoms with Crippen molar-refractivity contribution in [1.82, 2.24) is 5.32 Å². The fraction of sp³-hybridized carbons (Fsp3) is 0.400. The van der Waals surface area contributed by atoms with Crippen LogP contribution in [0.15, 0.2) is 54.6 Å². The summed E-state index contributed by atoms with van der Waals surface area (Å²) in [5.74, 6) is 1.21. The topological polar surface area (TPSA) is 12.0 Å². The summed E-state index contributed by atoms with van der Waals surface area (Å²) in [6.07, 6.45) is 1.11. The number of nitrogens with one attached hydrogen (secondary N) is 1. The molecule has 2 rings (SSSR count). The van der Waals surface area contributed by atoms with Gasteiger partial charge in [0.2, 0.25) is 0 Å². The molecule has 0 bridgehead atoms. The van der Waals surface area contributed by atoms with Crippen molar-refractivity contribution in [2.45, 2.75) is 39.7 Å². The van der Waals surface area contributed by atoms with Crippen LogP contribution >= 0.6 is 0 Å². The van der Waals surface area contributed by atoms with Crippen LogP contribution < -0.4 is 5.32 Å². The molecule has 0 aromatic heterocycles. The van der Waals surface area contributed by atoms with Crippen LogP contribution in [-0.2, 0) is 13.0 Å². The van der Waals surface area contributed by atoms with Crippen LogP contribution in [0.3, 0.4) is 0 Å². The lowest BCUT2D eigenvalue weighted by Crippen LogP contribution is -2.24. The van der Waals surface area contributed by atoms with Crippen molar-refractivity contribution in [1.29, 1.82) is 0 Å². The van der Waals surface area contributed by atoms with Crippen molar-refractivity contribution in [3.63, 3.8) is 0 Å². The second-order valence-electron chi connectivity index (χ2n) is 6.06. The van der Waals surface area contributed by atoms with Gasteiger partial charge < -0.3 is 5.32 Å². The van der Waals surface area contributed by atoms with Gasteiger partial charge in [-0.3, -0.25) is 0 Å². The quantitative estimate of drug-likeness (QED) is 0.770. The third-order valence-electron chi connectivity index (χ3n) is 4.16. The Morgan fingerprint density at radius 2 is 1.48 bits per heavy atom. The predicted octanol–water partition coefficient (Wildman–Crippen LogP) is 4.78. The second kappa shape index (κ2) is 7.99. The summed E-state index contributed by atoms with van der Waals surface area (Å²) in [5.41, 5.74) is 4.20. The first-order valence-corrected chi connectivity index (χ1v) is 8.04. The van der Waals surface area contributed by atoms with Crippen LogP contribution in [-0.4, -0.2) is 6.54 Å². The summed E-state index contributed by atoms with van der Waals surface area (Å²) in [5, 5.41) is 3.62. The van der Waals surface area contributed by atoms with Gasteiger partial charge in [-0.1, -0.05) is 75.4 Å². The van der Waals surface area contributed by atoms with Gasteiger partial charge in [0.25, 0.3) is 0 Å². The Morgan fingerprint density at radius 3 is 2.05 bits per heavy atom. The van der Waals surface area contributed by atoms with E-state index in [-0.39, 0.29) is 0 Å². The van der Waals surface area contributed by atoms with E-state index in [0.717, 1.165) is 19.5 Å². The molecule has 21 heavy (non-hydrogen) atoms. The lowest BCUT2D eigenvalue weighted by atomic mass is 9.88. The minimum absolute atomic E-state index is 0.570. The van der Waals surface area contributed by atoms with Gasteiger partial charge in [0.1, 0.15) is 0 Å². The molecule has 1 heteroatoms. The van der Waals surface area contributed by atoms with Crippen LogP contribution in [0.2, 0.25) is 0 Å². The Bertz CT molecular complexity index is 513. The molecule has 1 N–H and O–H groups in total. The number of hydrogen-bond donors (Lipinski definition) is 1. The Kier molecular flexibility index (Phi) is 6.01. The molecule has 112 valence electrons. The molecule has 0 saturated carbocycles. The van der Waals surface area contributed by atoms with Gasteiger partial charge in [0.15, 0.2) is 0 Å². The van der Waals surface area contributed by atoms with E-state index in [1.165, 1.54) is 16.7 Å². The van der Waals surface area contributed by atoms with Crippen molar-refractivity contribution >= 4 is 0 Å². The molecule has 2 aromatic rings. The third kappa shape index (κ3) is 4.71. The number of hydrogen-bond acceptors (Lipinski definition) is 1. The van der Waals surface area contributed by atoms with E-state index in [1.54, 1.807) is 0 Å². The minimum atomic E-state index is 0.570.